The molecule has 0 bridgehead atoms. The zero-order valence-electron chi connectivity index (χ0n) is 15.5. The van der Waals surface area contributed by atoms with Crippen LogP contribution in [0.15, 0.2) is 12.3 Å². The van der Waals surface area contributed by atoms with Crippen LogP contribution in [0.2, 0.25) is 0 Å². The average Bonchev–Trinajstić information content (AvgIpc) is 2.98. The van der Waals surface area contributed by atoms with Crippen LogP contribution in [0.4, 0.5) is 0 Å². The molecule has 3 heterocycles. The minimum atomic E-state index is -0.315. The van der Waals surface area contributed by atoms with Crippen molar-refractivity contribution in [1.29, 1.82) is 0 Å². The van der Waals surface area contributed by atoms with Gasteiger partial charge >= 0.3 is 0 Å². The molecule has 26 heavy (non-hydrogen) atoms. The Hall–Kier alpha value is -2.48. The Kier molecular flexibility index (Phi) is 5.22. The molecule has 1 fully saturated rings. The Balaban J connectivity index is 1.69. The van der Waals surface area contributed by atoms with Gasteiger partial charge in [0.05, 0.1) is 24.0 Å². The number of aryl methyl sites for hydroxylation is 1. The fourth-order valence-electron chi connectivity index (χ4n) is 3.39. The number of pyridine rings is 1. The summed E-state index contributed by atoms with van der Waals surface area (Å²) in [5.41, 5.74) is 7.31. The van der Waals surface area contributed by atoms with Crippen molar-refractivity contribution in [2.45, 2.75) is 45.7 Å². The first-order valence-corrected chi connectivity index (χ1v) is 9.01. The summed E-state index contributed by atoms with van der Waals surface area (Å²) in [5, 5.41) is 8.32. The number of carbonyl (C=O) groups excluding carboxylic acids is 2. The summed E-state index contributed by atoms with van der Waals surface area (Å²) in [7, 11) is 0. The Morgan fingerprint density at radius 2 is 2.04 bits per heavy atom. The fourth-order valence-corrected chi connectivity index (χ4v) is 3.39. The molecule has 0 spiro atoms. The summed E-state index contributed by atoms with van der Waals surface area (Å²) in [6.07, 6.45) is 3.36. The highest BCUT2D eigenvalue weighted by atomic mass is 16.2. The largest absolute Gasteiger partial charge is 0.369 e. The molecule has 0 unspecified atom stereocenters. The number of aromatic nitrogens is 3. The fraction of sp³-hybridized carbons (Fsp3) is 0.556. The molecule has 1 aliphatic heterocycles. The van der Waals surface area contributed by atoms with E-state index in [0.717, 1.165) is 37.0 Å². The van der Waals surface area contributed by atoms with Crippen LogP contribution in [-0.2, 0) is 4.79 Å². The van der Waals surface area contributed by atoms with Gasteiger partial charge in [0.1, 0.15) is 0 Å². The van der Waals surface area contributed by atoms with E-state index in [1.807, 2.05) is 22.6 Å². The molecule has 2 amide bonds. The van der Waals surface area contributed by atoms with E-state index in [9.17, 15) is 9.59 Å². The Morgan fingerprint density at radius 1 is 1.35 bits per heavy atom. The van der Waals surface area contributed by atoms with Gasteiger partial charge in [-0.2, -0.15) is 5.10 Å². The molecule has 140 valence electrons. The Morgan fingerprint density at radius 3 is 2.65 bits per heavy atom. The molecule has 0 atom stereocenters. The van der Waals surface area contributed by atoms with Crippen LogP contribution < -0.4 is 11.1 Å². The number of likely N-dealkylation sites (tertiary alicyclic amines) is 1. The average molecular weight is 358 g/mol. The van der Waals surface area contributed by atoms with Gasteiger partial charge in [0.15, 0.2) is 5.65 Å². The minimum absolute atomic E-state index is 0.0973. The standard InChI is InChI=1S/C18H26N6O2/c1-11(2)24-17-13(9-20-24)8-15(12(3)21-17)18(26)22-14-4-6-23(7-5-14)10-16(19)25/h8-9,11,14H,4-7,10H2,1-3H3,(H2,19,25)(H,22,26). The summed E-state index contributed by atoms with van der Waals surface area (Å²) >= 11 is 0. The highest BCUT2D eigenvalue weighted by molar-refractivity contribution is 5.98. The van der Waals surface area contributed by atoms with Gasteiger partial charge in [0.2, 0.25) is 5.91 Å². The number of piperidine rings is 1. The molecule has 0 aliphatic carbocycles. The molecule has 3 rings (SSSR count). The van der Waals surface area contributed by atoms with Gasteiger partial charge in [0.25, 0.3) is 5.91 Å². The van der Waals surface area contributed by atoms with Crippen molar-refractivity contribution in [3.63, 3.8) is 0 Å². The van der Waals surface area contributed by atoms with E-state index in [-0.39, 0.29) is 30.4 Å². The lowest BCUT2D eigenvalue weighted by molar-refractivity contribution is -0.119. The zero-order valence-corrected chi connectivity index (χ0v) is 15.5. The lowest BCUT2D eigenvalue weighted by Gasteiger charge is -2.31. The highest BCUT2D eigenvalue weighted by Gasteiger charge is 2.23. The monoisotopic (exact) mass is 358 g/mol. The lowest BCUT2D eigenvalue weighted by Crippen LogP contribution is -2.46. The van der Waals surface area contributed by atoms with Gasteiger partial charge in [0, 0.05) is 30.6 Å². The predicted molar refractivity (Wildman–Crippen MR) is 98.8 cm³/mol. The van der Waals surface area contributed by atoms with E-state index in [1.165, 1.54) is 0 Å². The zero-order chi connectivity index (χ0) is 18.8. The maximum Gasteiger partial charge on any atom is 0.253 e. The van der Waals surface area contributed by atoms with E-state index >= 15 is 0 Å². The van der Waals surface area contributed by atoms with Crippen LogP contribution in [0.1, 0.15) is 48.8 Å². The van der Waals surface area contributed by atoms with Gasteiger partial charge in [-0.3, -0.25) is 14.5 Å². The first-order chi connectivity index (χ1) is 12.3. The smallest absolute Gasteiger partial charge is 0.253 e. The van der Waals surface area contributed by atoms with Crippen LogP contribution in [0.3, 0.4) is 0 Å². The number of amides is 2. The number of fused-ring (bicyclic) bond motifs is 1. The molecule has 8 nitrogen and oxygen atoms in total. The molecule has 1 saturated heterocycles. The molecule has 0 aromatic carbocycles. The van der Waals surface area contributed by atoms with Gasteiger partial charge in [-0.1, -0.05) is 0 Å². The van der Waals surface area contributed by atoms with Crippen molar-refractivity contribution in [2.75, 3.05) is 19.6 Å². The molecule has 0 radical (unpaired) electrons. The summed E-state index contributed by atoms with van der Waals surface area (Å²) < 4.78 is 1.86. The Bertz CT molecular complexity index is 820. The highest BCUT2D eigenvalue weighted by Crippen LogP contribution is 2.20. The maximum absolute atomic E-state index is 12.7. The molecule has 3 N–H and O–H groups in total. The third-order valence-corrected chi connectivity index (χ3v) is 4.80. The van der Waals surface area contributed by atoms with Gasteiger partial charge in [-0.15, -0.1) is 0 Å². The van der Waals surface area contributed by atoms with Crippen LogP contribution in [-0.4, -0.2) is 57.2 Å². The van der Waals surface area contributed by atoms with E-state index in [0.29, 0.717) is 11.3 Å². The number of hydrogen-bond donors (Lipinski definition) is 2. The third-order valence-electron chi connectivity index (χ3n) is 4.80. The van der Waals surface area contributed by atoms with Crippen molar-refractivity contribution < 1.29 is 9.59 Å². The number of hydrogen-bond acceptors (Lipinski definition) is 5. The molecule has 2 aromatic rings. The number of nitrogens with zero attached hydrogens (tertiary/aromatic N) is 4. The predicted octanol–water partition coefficient (Wildman–Crippen LogP) is 1.00. The second kappa shape index (κ2) is 7.41. The lowest BCUT2D eigenvalue weighted by atomic mass is 10.0. The topological polar surface area (TPSA) is 106 Å². The first-order valence-electron chi connectivity index (χ1n) is 9.01. The van der Waals surface area contributed by atoms with Gasteiger partial charge in [-0.25, -0.2) is 9.67 Å². The molecular formula is C18H26N6O2. The number of nitrogens with one attached hydrogen (secondary N) is 1. The number of nitrogens with two attached hydrogens (primary N) is 1. The molecule has 2 aromatic heterocycles. The molecule has 1 aliphatic rings. The van der Waals surface area contributed by atoms with Crippen molar-refractivity contribution in [3.8, 4) is 0 Å². The molecular weight excluding hydrogens is 332 g/mol. The SMILES string of the molecule is Cc1nc2c(cnn2C(C)C)cc1C(=O)NC1CCN(CC(N)=O)CC1. The third kappa shape index (κ3) is 3.85. The van der Waals surface area contributed by atoms with E-state index in [2.05, 4.69) is 29.2 Å². The van der Waals surface area contributed by atoms with E-state index in [4.69, 9.17) is 5.73 Å². The molecule has 8 heteroatoms. The minimum Gasteiger partial charge on any atom is -0.369 e. The van der Waals surface area contributed by atoms with Crippen molar-refractivity contribution in [2.24, 2.45) is 5.73 Å². The van der Waals surface area contributed by atoms with Crippen LogP contribution >= 0.6 is 0 Å². The maximum atomic E-state index is 12.7. The number of rotatable bonds is 5. The van der Waals surface area contributed by atoms with Gasteiger partial charge in [-0.05, 0) is 39.7 Å². The van der Waals surface area contributed by atoms with Crippen molar-refractivity contribution in [3.05, 3.63) is 23.5 Å². The van der Waals surface area contributed by atoms with Crippen molar-refractivity contribution >= 4 is 22.8 Å². The summed E-state index contributed by atoms with van der Waals surface area (Å²) in [4.78, 5) is 30.3. The summed E-state index contributed by atoms with van der Waals surface area (Å²) in [5.74, 6) is -0.424. The van der Waals surface area contributed by atoms with E-state index < -0.39 is 0 Å². The summed E-state index contributed by atoms with van der Waals surface area (Å²) in [6.45, 7) is 7.74. The second-order valence-corrected chi connectivity index (χ2v) is 7.21. The number of carbonyl (C=O) groups is 2. The number of primary amides is 1. The molecule has 0 saturated carbocycles. The van der Waals surface area contributed by atoms with Crippen LogP contribution in [0, 0.1) is 6.92 Å². The summed E-state index contributed by atoms with van der Waals surface area (Å²) in [6, 6.07) is 2.17. The van der Waals surface area contributed by atoms with Crippen LogP contribution in [0.25, 0.3) is 11.0 Å². The second-order valence-electron chi connectivity index (χ2n) is 7.21. The first kappa shape index (κ1) is 18.3. The Labute approximate surface area is 152 Å². The van der Waals surface area contributed by atoms with Crippen LogP contribution in [0.5, 0.6) is 0 Å². The van der Waals surface area contributed by atoms with Crippen molar-refractivity contribution in [1.82, 2.24) is 25.0 Å². The quantitative estimate of drug-likeness (QED) is 0.829. The van der Waals surface area contributed by atoms with E-state index in [1.54, 1.807) is 6.20 Å². The van der Waals surface area contributed by atoms with Gasteiger partial charge < -0.3 is 11.1 Å². The normalized spacial score (nSPS) is 16.3.